The third-order valence-electron chi connectivity index (χ3n) is 3.60. The molecule has 1 aromatic heterocycles. The largest absolute Gasteiger partial charge is 0.369 e. The first kappa shape index (κ1) is 11.9. The number of hydrogen-bond acceptors (Lipinski definition) is 1. The van der Waals surface area contributed by atoms with E-state index >= 15 is 0 Å². The van der Waals surface area contributed by atoms with Crippen LogP contribution in [0.15, 0.2) is 12.1 Å². The van der Waals surface area contributed by atoms with Crippen molar-refractivity contribution in [3.8, 4) is 0 Å². The van der Waals surface area contributed by atoms with Crippen LogP contribution in [0.5, 0.6) is 0 Å². The maximum atomic E-state index is 11.5. The van der Waals surface area contributed by atoms with E-state index in [9.17, 15) is 4.79 Å². The number of primary amides is 1. The van der Waals surface area contributed by atoms with Crippen LogP contribution in [-0.2, 0) is 11.2 Å². The van der Waals surface area contributed by atoms with Crippen molar-refractivity contribution in [3.63, 3.8) is 0 Å². The van der Waals surface area contributed by atoms with Gasteiger partial charge in [0.1, 0.15) is 0 Å². The van der Waals surface area contributed by atoms with Crippen LogP contribution in [0.1, 0.15) is 30.0 Å². The highest BCUT2D eigenvalue weighted by Crippen LogP contribution is 2.40. The second-order valence-electron chi connectivity index (χ2n) is 4.65. The molecule has 18 heavy (non-hydrogen) atoms. The van der Waals surface area contributed by atoms with Crippen molar-refractivity contribution in [2.75, 3.05) is 0 Å². The van der Waals surface area contributed by atoms with Gasteiger partial charge in [0.05, 0.1) is 16.0 Å². The molecule has 1 aliphatic rings. The Morgan fingerprint density at radius 2 is 2.17 bits per heavy atom. The van der Waals surface area contributed by atoms with Gasteiger partial charge in [-0.2, -0.15) is 0 Å². The summed E-state index contributed by atoms with van der Waals surface area (Å²) in [5.74, 6) is -0.527. The van der Waals surface area contributed by atoms with Crippen molar-refractivity contribution in [2.45, 2.75) is 25.2 Å². The van der Waals surface area contributed by atoms with Gasteiger partial charge >= 0.3 is 0 Å². The third kappa shape index (κ3) is 1.62. The van der Waals surface area contributed by atoms with Crippen LogP contribution in [0.25, 0.3) is 10.9 Å². The maximum Gasteiger partial charge on any atom is 0.226 e. The van der Waals surface area contributed by atoms with Gasteiger partial charge in [-0.25, -0.2) is 0 Å². The molecular formula is C13H12Cl2N2O. The van der Waals surface area contributed by atoms with Gasteiger partial charge in [0.2, 0.25) is 5.91 Å². The normalized spacial score (nSPS) is 18.9. The van der Waals surface area contributed by atoms with E-state index in [1.165, 1.54) is 0 Å². The SMILES string of the molecule is NC(=O)C1CCCc2c1[nH]c1ccc(Cl)c(Cl)c21. The summed E-state index contributed by atoms with van der Waals surface area (Å²) >= 11 is 12.3. The van der Waals surface area contributed by atoms with Crippen LogP contribution in [0.2, 0.25) is 10.0 Å². The van der Waals surface area contributed by atoms with Crippen molar-refractivity contribution in [1.29, 1.82) is 0 Å². The van der Waals surface area contributed by atoms with Gasteiger partial charge in [0, 0.05) is 16.6 Å². The number of carbonyl (C=O) groups is 1. The van der Waals surface area contributed by atoms with Crippen molar-refractivity contribution in [3.05, 3.63) is 33.4 Å². The summed E-state index contributed by atoms with van der Waals surface area (Å²) in [6.45, 7) is 0. The van der Waals surface area contributed by atoms with Crippen LogP contribution < -0.4 is 5.73 Å². The zero-order valence-electron chi connectivity index (χ0n) is 9.59. The standard InChI is InChI=1S/C13H12Cl2N2O/c14-8-4-5-9-10(11(8)15)6-2-1-3-7(13(16)18)12(6)17-9/h4-5,7,17H,1-3H2,(H2,16,18). The van der Waals surface area contributed by atoms with Crippen LogP contribution in [0, 0.1) is 0 Å². The summed E-state index contributed by atoms with van der Waals surface area (Å²) < 4.78 is 0. The molecule has 1 amide bonds. The third-order valence-corrected chi connectivity index (χ3v) is 4.41. The number of benzene rings is 1. The molecule has 0 bridgehead atoms. The summed E-state index contributed by atoms with van der Waals surface area (Å²) in [6, 6.07) is 3.65. The van der Waals surface area contributed by atoms with Crippen molar-refractivity contribution in [1.82, 2.24) is 4.98 Å². The smallest absolute Gasteiger partial charge is 0.226 e. The molecule has 94 valence electrons. The first-order chi connectivity index (χ1) is 8.59. The Morgan fingerprint density at radius 1 is 1.39 bits per heavy atom. The molecule has 0 saturated heterocycles. The number of carbonyl (C=O) groups excluding carboxylic acids is 1. The number of nitrogens with one attached hydrogen (secondary N) is 1. The van der Waals surface area contributed by atoms with Gasteiger partial charge < -0.3 is 10.7 Å². The monoisotopic (exact) mass is 282 g/mol. The molecule has 1 unspecified atom stereocenters. The predicted molar refractivity (Wildman–Crippen MR) is 73.2 cm³/mol. The molecule has 0 spiro atoms. The van der Waals surface area contributed by atoms with Gasteiger partial charge in [-0.05, 0) is 37.0 Å². The Kier molecular flexibility index (Phi) is 2.76. The van der Waals surface area contributed by atoms with E-state index in [1.807, 2.05) is 6.07 Å². The van der Waals surface area contributed by atoms with Gasteiger partial charge in [-0.1, -0.05) is 23.2 Å². The number of H-pyrrole nitrogens is 1. The van der Waals surface area contributed by atoms with E-state index in [0.29, 0.717) is 10.0 Å². The van der Waals surface area contributed by atoms with Crippen LogP contribution >= 0.6 is 23.2 Å². The summed E-state index contributed by atoms with van der Waals surface area (Å²) in [5, 5.41) is 2.02. The van der Waals surface area contributed by atoms with Gasteiger partial charge in [-0.15, -0.1) is 0 Å². The Labute approximate surface area is 114 Å². The average molecular weight is 283 g/mol. The van der Waals surface area contributed by atoms with E-state index in [4.69, 9.17) is 28.9 Å². The first-order valence-corrected chi connectivity index (χ1v) is 6.63. The minimum atomic E-state index is -0.287. The topological polar surface area (TPSA) is 58.9 Å². The fourth-order valence-corrected chi connectivity index (χ4v) is 3.21. The number of hydrogen-bond donors (Lipinski definition) is 2. The van der Waals surface area contributed by atoms with Gasteiger partial charge in [0.15, 0.2) is 0 Å². The van der Waals surface area contributed by atoms with Crippen molar-refractivity contribution in [2.24, 2.45) is 5.73 Å². The molecule has 0 fully saturated rings. The highest BCUT2D eigenvalue weighted by Gasteiger charge is 2.29. The molecule has 3 nitrogen and oxygen atoms in total. The van der Waals surface area contributed by atoms with Crippen molar-refractivity contribution >= 4 is 40.0 Å². The van der Waals surface area contributed by atoms with Gasteiger partial charge in [0.25, 0.3) is 0 Å². The molecule has 1 aliphatic carbocycles. The fourth-order valence-electron chi connectivity index (χ4n) is 2.77. The Balaban J connectivity index is 2.31. The lowest BCUT2D eigenvalue weighted by Crippen LogP contribution is -2.24. The first-order valence-electron chi connectivity index (χ1n) is 5.87. The minimum absolute atomic E-state index is 0.240. The molecule has 1 heterocycles. The molecular weight excluding hydrogens is 271 g/mol. The number of halogens is 2. The average Bonchev–Trinajstić information content (AvgIpc) is 2.72. The Bertz CT molecular complexity index is 648. The predicted octanol–water partition coefficient (Wildman–Crippen LogP) is 3.38. The van der Waals surface area contributed by atoms with Crippen molar-refractivity contribution < 1.29 is 4.79 Å². The lowest BCUT2D eigenvalue weighted by atomic mass is 9.86. The molecule has 0 saturated carbocycles. The highest BCUT2D eigenvalue weighted by atomic mass is 35.5. The molecule has 1 atom stereocenters. The number of aryl methyl sites for hydroxylation is 1. The molecule has 1 aromatic carbocycles. The number of fused-ring (bicyclic) bond motifs is 3. The van der Waals surface area contributed by atoms with Crippen LogP contribution in [0.4, 0.5) is 0 Å². The quantitative estimate of drug-likeness (QED) is 0.828. The summed E-state index contributed by atoms with van der Waals surface area (Å²) in [4.78, 5) is 14.8. The molecule has 2 aromatic rings. The molecule has 5 heteroatoms. The molecule has 0 radical (unpaired) electrons. The maximum absolute atomic E-state index is 11.5. The second-order valence-corrected chi connectivity index (χ2v) is 5.43. The summed E-state index contributed by atoms with van der Waals surface area (Å²) in [7, 11) is 0. The zero-order valence-corrected chi connectivity index (χ0v) is 11.1. The van der Waals surface area contributed by atoms with E-state index in [1.54, 1.807) is 6.07 Å². The number of aromatic nitrogens is 1. The molecule has 0 aliphatic heterocycles. The van der Waals surface area contributed by atoms with Gasteiger partial charge in [-0.3, -0.25) is 4.79 Å². The molecule has 3 rings (SSSR count). The minimum Gasteiger partial charge on any atom is -0.369 e. The summed E-state index contributed by atoms with van der Waals surface area (Å²) in [6.07, 6.45) is 2.64. The Morgan fingerprint density at radius 3 is 2.89 bits per heavy atom. The van der Waals surface area contributed by atoms with E-state index in [-0.39, 0.29) is 11.8 Å². The number of nitrogens with two attached hydrogens (primary N) is 1. The number of amides is 1. The summed E-state index contributed by atoms with van der Waals surface area (Å²) in [5.41, 5.74) is 8.37. The zero-order chi connectivity index (χ0) is 12.9. The fraction of sp³-hybridized carbons (Fsp3) is 0.308. The highest BCUT2D eigenvalue weighted by molar-refractivity contribution is 6.45. The van der Waals surface area contributed by atoms with E-state index in [2.05, 4.69) is 4.98 Å². The van der Waals surface area contributed by atoms with Crippen LogP contribution in [-0.4, -0.2) is 10.9 Å². The number of aromatic amines is 1. The Hall–Kier alpha value is -1.19. The van der Waals surface area contributed by atoms with E-state index < -0.39 is 0 Å². The number of rotatable bonds is 1. The van der Waals surface area contributed by atoms with Crippen LogP contribution in [0.3, 0.4) is 0 Å². The lowest BCUT2D eigenvalue weighted by molar-refractivity contribution is -0.119. The molecule has 3 N–H and O–H groups in total. The van der Waals surface area contributed by atoms with E-state index in [0.717, 1.165) is 41.4 Å². The lowest BCUT2D eigenvalue weighted by Gasteiger charge is -2.19. The second kappa shape index (κ2) is 4.18.